The molecule has 0 fully saturated rings. The first-order valence-corrected chi connectivity index (χ1v) is 4.29. The largest absolute Gasteiger partial charge is 0.419 e. The molecule has 0 aromatic carbocycles. The van der Waals surface area contributed by atoms with E-state index in [9.17, 15) is 14.4 Å². The van der Waals surface area contributed by atoms with Gasteiger partial charge in [-0.3, -0.25) is 0 Å². The minimum Gasteiger partial charge on any atom is -0.419 e. The van der Waals surface area contributed by atoms with Crippen molar-refractivity contribution < 1.29 is 18.8 Å². The van der Waals surface area contributed by atoms with E-state index in [1.807, 2.05) is 0 Å². The van der Waals surface area contributed by atoms with Crippen LogP contribution in [0.2, 0.25) is 0 Å². The van der Waals surface area contributed by atoms with Crippen LogP contribution < -0.4 is 0 Å². The smallest absolute Gasteiger partial charge is 0.278 e. The zero-order valence-electron chi connectivity index (χ0n) is 6.68. The summed E-state index contributed by atoms with van der Waals surface area (Å²) in [6.45, 7) is 0. The number of aliphatic imine (C=N–C) groups is 3. The molecule has 0 amide bonds. The van der Waals surface area contributed by atoms with Crippen LogP contribution in [0.4, 0.5) is 0 Å². The van der Waals surface area contributed by atoms with Gasteiger partial charge in [0.25, 0.3) is 5.41 Å². The molecule has 0 radical (unpaired) electrons. The molecule has 0 saturated heterocycles. The van der Waals surface area contributed by atoms with E-state index in [0.29, 0.717) is 0 Å². The molecule has 0 aliphatic carbocycles. The summed E-state index contributed by atoms with van der Waals surface area (Å²) in [6, 6.07) is 0. The zero-order valence-corrected chi connectivity index (χ0v) is 8.10. The van der Waals surface area contributed by atoms with E-state index >= 15 is 0 Å². The van der Waals surface area contributed by atoms with E-state index in [1.165, 1.54) is 7.11 Å². The Morgan fingerprint density at radius 1 is 1.08 bits per heavy atom. The Labute approximate surface area is 75.2 Å². The second kappa shape index (κ2) is 5.90. The van der Waals surface area contributed by atoms with Crippen molar-refractivity contribution in [1.82, 2.24) is 0 Å². The summed E-state index contributed by atoms with van der Waals surface area (Å²) in [7, 11) is -0.270. The van der Waals surface area contributed by atoms with Crippen molar-refractivity contribution in [2.75, 3.05) is 7.11 Å². The SMILES string of the molecule is CO[SiH2]C(N=C=O)(N=C=O)N=C=O. The van der Waals surface area contributed by atoms with Crippen molar-refractivity contribution in [2.24, 2.45) is 15.0 Å². The van der Waals surface area contributed by atoms with Gasteiger partial charge in [-0.05, 0) is 0 Å². The fourth-order valence-corrected chi connectivity index (χ4v) is 1.36. The molecule has 0 saturated carbocycles. The number of hydrogen-bond donors (Lipinski definition) is 0. The molecule has 0 aliphatic heterocycles. The average molecular weight is 199 g/mol. The molecule has 0 rings (SSSR count). The van der Waals surface area contributed by atoms with Crippen LogP contribution in [-0.4, -0.2) is 40.5 Å². The van der Waals surface area contributed by atoms with Gasteiger partial charge in [0.1, 0.15) is 0 Å². The Bertz CT molecular complexity index is 266. The third-order valence-corrected chi connectivity index (χ3v) is 2.16. The van der Waals surface area contributed by atoms with Crippen molar-refractivity contribution in [1.29, 1.82) is 0 Å². The molecule has 0 heterocycles. The van der Waals surface area contributed by atoms with Gasteiger partial charge in [-0.25, -0.2) is 14.4 Å². The minimum absolute atomic E-state index is 1.15. The quantitative estimate of drug-likeness (QED) is 0.300. The van der Waals surface area contributed by atoms with Crippen LogP contribution >= 0.6 is 0 Å². The molecule has 13 heavy (non-hydrogen) atoms. The number of isocyanates is 3. The molecule has 0 N–H and O–H groups in total. The normalized spacial score (nSPS) is 13.6. The van der Waals surface area contributed by atoms with Gasteiger partial charge < -0.3 is 4.43 Å². The van der Waals surface area contributed by atoms with Gasteiger partial charge in [0.05, 0.1) is 0 Å². The van der Waals surface area contributed by atoms with E-state index in [2.05, 4.69) is 19.4 Å². The molecular formula is C5H5N3O4Si. The number of hydrogen-bond acceptors (Lipinski definition) is 7. The third-order valence-electron chi connectivity index (χ3n) is 1.01. The van der Waals surface area contributed by atoms with Gasteiger partial charge in [0, 0.05) is 7.11 Å². The first-order chi connectivity index (χ1) is 6.24. The molecule has 0 bridgehead atoms. The molecule has 8 heteroatoms. The summed E-state index contributed by atoms with van der Waals surface area (Å²) in [4.78, 5) is 39.1. The van der Waals surface area contributed by atoms with E-state index in [0.717, 1.165) is 18.2 Å². The van der Waals surface area contributed by atoms with Crippen molar-refractivity contribution in [2.45, 2.75) is 5.41 Å². The minimum atomic E-state index is -1.78. The summed E-state index contributed by atoms with van der Waals surface area (Å²) in [5.74, 6) is 0. The predicted octanol–water partition coefficient (Wildman–Crippen LogP) is -1.66. The van der Waals surface area contributed by atoms with Gasteiger partial charge in [-0.15, -0.1) is 0 Å². The first kappa shape index (κ1) is 11.3. The predicted molar refractivity (Wildman–Crippen MR) is 42.6 cm³/mol. The van der Waals surface area contributed by atoms with Gasteiger partial charge in [-0.2, -0.15) is 15.0 Å². The van der Waals surface area contributed by atoms with Crippen molar-refractivity contribution in [3.8, 4) is 0 Å². The van der Waals surface area contributed by atoms with Crippen molar-refractivity contribution >= 4 is 28.0 Å². The third kappa shape index (κ3) is 3.48. The maximum Gasteiger partial charge on any atom is 0.278 e. The zero-order chi connectivity index (χ0) is 10.2. The second-order valence-electron chi connectivity index (χ2n) is 1.82. The Morgan fingerprint density at radius 3 is 1.69 bits per heavy atom. The van der Waals surface area contributed by atoms with Crippen LogP contribution in [0.25, 0.3) is 0 Å². The maximum atomic E-state index is 9.94. The Hall–Kier alpha value is -1.68. The topological polar surface area (TPSA) is 97.5 Å². The summed E-state index contributed by atoms with van der Waals surface area (Å²) >= 11 is 0. The van der Waals surface area contributed by atoms with Crippen LogP contribution in [0.15, 0.2) is 15.0 Å². The molecule has 0 unspecified atom stereocenters. The number of rotatable bonds is 5. The Balaban J connectivity index is 5.12. The highest BCUT2D eigenvalue weighted by atomic mass is 28.2. The number of carbonyl (C=O) groups excluding carboxylic acids is 3. The van der Waals surface area contributed by atoms with Crippen LogP contribution in [-0.2, 0) is 18.8 Å². The van der Waals surface area contributed by atoms with Gasteiger partial charge in [-0.1, -0.05) is 0 Å². The lowest BCUT2D eigenvalue weighted by molar-refractivity contribution is 0.405. The molecule has 0 spiro atoms. The second-order valence-corrected chi connectivity index (χ2v) is 3.63. The molecule has 68 valence electrons. The number of nitrogens with zero attached hydrogens (tertiary/aromatic N) is 3. The lowest BCUT2D eigenvalue weighted by Gasteiger charge is -2.11. The van der Waals surface area contributed by atoms with Crippen molar-refractivity contribution in [3.63, 3.8) is 0 Å². The molecular weight excluding hydrogens is 194 g/mol. The van der Waals surface area contributed by atoms with Gasteiger partial charge >= 0.3 is 0 Å². The summed E-state index contributed by atoms with van der Waals surface area (Å²) in [6.07, 6.45) is 3.44. The fourth-order valence-electron chi connectivity index (χ4n) is 0.585. The lowest BCUT2D eigenvalue weighted by Crippen LogP contribution is -2.30. The van der Waals surface area contributed by atoms with Crippen LogP contribution in [0.5, 0.6) is 0 Å². The molecule has 7 nitrogen and oxygen atoms in total. The van der Waals surface area contributed by atoms with Gasteiger partial charge in [0.15, 0.2) is 0 Å². The van der Waals surface area contributed by atoms with E-state index in [1.54, 1.807) is 0 Å². The van der Waals surface area contributed by atoms with E-state index < -0.39 is 15.2 Å². The Kier molecular flexibility index (Phi) is 5.14. The maximum absolute atomic E-state index is 9.94. The van der Waals surface area contributed by atoms with Crippen LogP contribution in [0.1, 0.15) is 0 Å². The van der Waals surface area contributed by atoms with E-state index in [-0.39, 0.29) is 0 Å². The highest BCUT2D eigenvalue weighted by Gasteiger charge is 2.29. The molecule has 0 atom stereocenters. The van der Waals surface area contributed by atoms with Crippen LogP contribution in [0.3, 0.4) is 0 Å². The van der Waals surface area contributed by atoms with Crippen LogP contribution in [0, 0.1) is 0 Å². The molecule has 0 aromatic heterocycles. The fraction of sp³-hybridized carbons (Fsp3) is 0.400. The first-order valence-electron chi connectivity index (χ1n) is 3.00. The monoisotopic (exact) mass is 199 g/mol. The molecule has 0 aliphatic rings. The summed E-state index contributed by atoms with van der Waals surface area (Å²) in [5, 5.41) is 0. The lowest BCUT2D eigenvalue weighted by atomic mass is 10.8. The van der Waals surface area contributed by atoms with E-state index in [4.69, 9.17) is 0 Å². The van der Waals surface area contributed by atoms with Gasteiger partial charge in [0.2, 0.25) is 28.0 Å². The Morgan fingerprint density at radius 2 is 1.46 bits per heavy atom. The van der Waals surface area contributed by atoms with Crippen molar-refractivity contribution in [3.05, 3.63) is 0 Å². The molecule has 0 aromatic rings. The highest BCUT2D eigenvalue weighted by molar-refractivity contribution is 6.32. The highest BCUT2D eigenvalue weighted by Crippen LogP contribution is 2.11. The summed E-state index contributed by atoms with van der Waals surface area (Å²) in [5.41, 5.74) is -1.78. The summed E-state index contributed by atoms with van der Waals surface area (Å²) < 4.78 is 4.69. The average Bonchev–Trinajstić information content (AvgIpc) is 2.06. The standard InChI is InChI=1S/C5H5N3O4Si/c1-12-13-5(6-2-9,7-3-10)8-4-11/h13H2,1H3.